The van der Waals surface area contributed by atoms with Crippen LogP contribution < -0.4 is 0 Å². The second kappa shape index (κ2) is 6.45. The highest BCUT2D eigenvalue weighted by Crippen LogP contribution is 2.32. The first-order valence-electron chi connectivity index (χ1n) is 6.08. The topological polar surface area (TPSA) is 0 Å². The second-order valence-electron chi connectivity index (χ2n) is 4.70. The van der Waals surface area contributed by atoms with Gasteiger partial charge in [-0.1, -0.05) is 60.8 Å². The summed E-state index contributed by atoms with van der Waals surface area (Å²) >= 11 is 0. The van der Waals surface area contributed by atoms with Crippen LogP contribution in [0.3, 0.4) is 0 Å². The summed E-state index contributed by atoms with van der Waals surface area (Å²) in [6.07, 6.45) is 4.01. The first kappa shape index (κ1) is 13.0. The molecule has 0 bridgehead atoms. The summed E-state index contributed by atoms with van der Waals surface area (Å²) in [5, 5.41) is 0. The molecule has 0 spiro atoms. The van der Waals surface area contributed by atoms with E-state index in [0.717, 1.165) is 23.7 Å². The molecule has 80 valence electrons. The van der Waals surface area contributed by atoms with Gasteiger partial charge in [0.05, 0.1) is 0 Å². The molecule has 0 nitrogen and oxygen atoms in total. The molecule has 0 aliphatic rings. The maximum absolute atomic E-state index is 2.44. The first-order chi connectivity index (χ1) is 6.08. The fraction of sp³-hybridized carbons (Fsp3) is 1.00. The lowest BCUT2D eigenvalue weighted by atomic mass is 9.74. The second-order valence-corrected chi connectivity index (χ2v) is 4.70. The van der Waals surface area contributed by atoms with Crippen molar-refractivity contribution >= 4 is 0 Å². The molecule has 0 aliphatic carbocycles. The van der Waals surface area contributed by atoms with E-state index in [1.165, 1.54) is 19.3 Å². The number of hydrogen-bond acceptors (Lipinski definition) is 0. The zero-order valence-corrected chi connectivity index (χ0v) is 10.4. The van der Waals surface area contributed by atoms with Crippen LogP contribution in [-0.2, 0) is 0 Å². The Morgan fingerprint density at radius 1 is 0.692 bits per heavy atom. The Labute approximate surface area is 85.1 Å². The molecule has 0 aromatic carbocycles. The maximum Gasteiger partial charge on any atom is -0.0363 e. The summed E-state index contributed by atoms with van der Waals surface area (Å²) in [4.78, 5) is 0. The van der Waals surface area contributed by atoms with Crippen molar-refractivity contribution < 1.29 is 0 Å². The van der Waals surface area contributed by atoms with Crippen LogP contribution in [0, 0.1) is 23.7 Å². The van der Waals surface area contributed by atoms with Crippen molar-refractivity contribution in [1.82, 2.24) is 0 Å². The zero-order valence-electron chi connectivity index (χ0n) is 10.4. The highest BCUT2D eigenvalue weighted by molar-refractivity contribution is 4.73. The summed E-state index contributed by atoms with van der Waals surface area (Å²) in [5.41, 5.74) is 0. The highest BCUT2D eigenvalue weighted by Gasteiger charge is 2.23. The van der Waals surface area contributed by atoms with Gasteiger partial charge in [-0.15, -0.1) is 0 Å². The lowest BCUT2D eigenvalue weighted by molar-refractivity contribution is 0.181. The normalized spacial score (nSPS) is 20.8. The minimum Gasteiger partial charge on any atom is -0.0651 e. The molecule has 0 aliphatic heterocycles. The molecule has 0 radical (unpaired) electrons. The van der Waals surface area contributed by atoms with Crippen molar-refractivity contribution in [3.63, 3.8) is 0 Å². The van der Waals surface area contributed by atoms with E-state index in [2.05, 4.69) is 41.5 Å². The smallest absolute Gasteiger partial charge is 0.0363 e. The Balaban J connectivity index is 4.21. The molecule has 0 aromatic heterocycles. The van der Waals surface area contributed by atoms with Crippen molar-refractivity contribution in [3.05, 3.63) is 0 Å². The van der Waals surface area contributed by atoms with E-state index in [4.69, 9.17) is 0 Å². The predicted octanol–water partition coefficient (Wildman–Crippen LogP) is 4.74. The molecule has 0 aromatic rings. The molecule has 0 N–H and O–H groups in total. The molecule has 0 amide bonds. The van der Waals surface area contributed by atoms with E-state index in [0.29, 0.717) is 0 Å². The zero-order chi connectivity index (χ0) is 10.4. The Hall–Kier alpha value is 0. The molecule has 0 rings (SSSR count). The van der Waals surface area contributed by atoms with Gasteiger partial charge in [0.15, 0.2) is 0 Å². The van der Waals surface area contributed by atoms with Crippen LogP contribution in [0.1, 0.15) is 60.8 Å². The fourth-order valence-corrected chi connectivity index (χ4v) is 2.39. The maximum atomic E-state index is 2.44. The summed E-state index contributed by atoms with van der Waals surface area (Å²) in [6, 6.07) is 0. The third kappa shape index (κ3) is 3.70. The molecule has 0 heterocycles. The average molecular weight is 184 g/mol. The first-order valence-corrected chi connectivity index (χ1v) is 6.08. The molecule has 4 atom stereocenters. The van der Waals surface area contributed by atoms with Gasteiger partial charge in [-0.25, -0.2) is 0 Å². The van der Waals surface area contributed by atoms with Crippen LogP contribution >= 0.6 is 0 Å². The van der Waals surface area contributed by atoms with Crippen LogP contribution in [-0.4, -0.2) is 0 Å². The van der Waals surface area contributed by atoms with Crippen molar-refractivity contribution in [2.24, 2.45) is 23.7 Å². The largest absolute Gasteiger partial charge is 0.0651 e. The highest BCUT2D eigenvalue weighted by atomic mass is 14.3. The Morgan fingerprint density at radius 2 is 1.15 bits per heavy atom. The van der Waals surface area contributed by atoms with Gasteiger partial charge in [-0.05, 0) is 23.7 Å². The molecule has 4 unspecified atom stereocenters. The Kier molecular flexibility index (Phi) is 6.45. The van der Waals surface area contributed by atoms with Gasteiger partial charge in [-0.2, -0.15) is 0 Å². The molecular formula is C13H28. The van der Waals surface area contributed by atoms with E-state index in [1.54, 1.807) is 0 Å². The van der Waals surface area contributed by atoms with Crippen molar-refractivity contribution in [1.29, 1.82) is 0 Å². The van der Waals surface area contributed by atoms with Gasteiger partial charge in [0, 0.05) is 0 Å². The van der Waals surface area contributed by atoms with Gasteiger partial charge in [-0.3, -0.25) is 0 Å². The van der Waals surface area contributed by atoms with Crippen LogP contribution in [0.4, 0.5) is 0 Å². The summed E-state index contributed by atoms with van der Waals surface area (Å²) in [6.45, 7) is 14.2. The van der Waals surface area contributed by atoms with Crippen LogP contribution in [0.2, 0.25) is 0 Å². The van der Waals surface area contributed by atoms with Gasteiger partial charge in [0.25, 0.3) is 0 Å². The minimum absolute atomic E-state index is 0.888. The van der Waals surface area contributed by atoms with E-state index in [1.807, 2.05) is 0 Å². The van der Waals surface area contributed by atoms with Gasteiger partial charge in [0.1, 0.15) is 0 Å². The molecule has 0 heteroatoms. The van der Waals surface area contributed by atoms with Crippen molar-refractivity contribution in [2.45, 2.75) is 60.8 Å². The Morgan fingerprint density at radius 3 is 1.46 bits per heavy atom. The quantitative estimate of drug-likeness (QED) is 0.559. The van der Waals surface area contributed by atoms with E-state index in [9.17, 15) is 0 Å². The summed E-state index contributed by atoms with van der Waals surface area (Å²) < 4.78 is 0. The van der Waals surface area contributed by atoms with E-state index >= 15 is 0 Å². The molecular weight excluding hydrogens is 156 g/mol. The van der Waals surface area contributed by atoms with Crippen LogP contribution in [0.25, 0.3) is 0 Å². The Bertz CT molecular complexity index is 117. The van der Waals surface area contributed by atoms with E-state index < -0.39 is 0 Å². The molecule has 0 saturated carbocycles. The average Bonchev–Trinajstić information content (AvgIpc) is 2.17. The molecule has 0 saturated heterocycles. The lowest BCUT2D eigenvalue weighted by Gasteiger charge is -2.31. The molecule has 13 heavy (non-hydrogen) atoms. The summed E-state index contributed by atoms with van der Waals surface area (Å²) in [7, 11) is 0. The number of hydrogen-bond donors (Lipinski definition) is 0. The van der Waals surface area contributed by atoms with E-state index in [-0.39, 0.29) is 0 Å². The lowest BCUT2D eigenvalue weighted by Crippen LogP contribution is -2.23. The predicted molar refractivity (Wildman–Crippen MR) is 61.9 cm³/mol. The SMILES string of the molecule is CCC(C)C(C)C(CC)C(C)CC. The van der Waals surface area contributed by atoms with Crippen LogP contribution in [0.5, 0.6) is 0 Å². The van der Waals surface area contributed by atoms with Gasteiger partial charge in [0.2, 0.25) is 0 Å². The number of rotatable bonds is 6. The molecule has 0 fully saturated rings. The van der Waals surface area contributed by atoms with Gasteiger partial charge < -0.3 is 0 Å². The van der Waals surface area contributed by atoms with Gasteiger partial charge >= 0.3 is 0 Å². The standard InChI is InChI=1S/C13H28/c1-7-10(4)12(6)13(9-3)11(5)8-2/h10-13H,7-9H2,1-6H3. The monoisotopic (exact) mass is 184 g/mol. The minimum atomic E-state index is 0.888. The summed E-state index contributed by atoms with van der Waals surface area (Å²) in [5.74, 6) is 3.61. The van der Waals surface area contributed by atoms with Crippen LogP contribution in [0.15, 0.2) is 0 Å². The van der Waals surface area contributed by atoms with Crippen molar-refractivity contribution in [3.8, 4) is 0 Å². The third-order valence-electron chi connectivity index (χ3n) is 4.06. The third-order valence-corrected chi connectivity index (χ3v) is 4.06. The fourth-order valence-electron chi connectivity index (χ4n) is 2.39. The van der Waals surface area contributed by atoms with Crippen molar-refractivity contribution in [2.75, 3.05) is 0 Å².